The molecule has 0 amide bonds. The number of carboxylic acid groups (broad SMARTS) is 1. The maximum Gasteiger partial charge on any atom is 0.360 e. The van der Waals surface area contributed by atoms with Crippen LogP contribution in [0.2, 0.25) is 0 Å². The van der Waals surface area contributed by atoms with E-state index < -0.39 is 11.9 Å². The molecule has 0 unspecified atom stereocenters. The first-order valence-electron chi connectivity index (χ1n) is 10.1. The topological polar surface area (TPSA) is 116 Å². The molecule has 2 rings (SSSR count). The summed E-state index contributed by atoms with van der Waals surface area (Å²) in [6.07, 6.45) is 0. The van der Waals surface area contributed by atoms with Crippen LogP contribution < -0.4 is 0 Å². The molecule has 0 saturated heterocycles. The zero-order chi connectivity index (χ0) is 24.7. The Hall–Kier alpha value is -3.52. The van der Waals surface area contributed by atoms with Crippen molar-refractivity contribution >= 4 is 11.9 Å². The molecule has 0 aliphatic rings. The van der Waals surface area contributed by atoms with Gasteiger partial charge in [-0.05, 0) is 74.2 Å². The number of carboxylic acids is 1. The molecule has 2 aromatic rings. The maximum atomic E-state index is 11.5. The smallest absolute Gasteiger partial charge is 0.360 e. The maximum absolute atomic E-state index is 11.5. The predicted molar refractivity (Wildman–Crippen MR) is 118 cm³/mol. The number of hydrogen-bond donors (Lipinski definition) is 1. The number of aromatic nitrogens is 2. The van der Waals surface area contributed by atoms with E-state index in [9.17, 15) is 9.59 Å². The Morgan fingerprint density at radius 3 is 1.62 bits per heavy atom. The van der Waals surface area contributed by atoms with Crippen molar-refractivity contribution in [1.29, 1.82) is 0 Å². The van der Waals surface area contributed by atoms with Crippen LogP contribution in [0.15, 0.2) is 9.05 Å². The Bertz CT molecular complexity index is 1090. The van der Waals surface area contributed by atoms with Crippen molar-refractivity contribution in [2.75, 3.05) is 6.61 Å². The molecule has 0 aromatic carbocycles. The molecule has 0 aliphatic heterocycles. The number of ether oxygens (including phenoxy) is 1. The van der Waals surface area contributed by atoms with Crippen molar-refractivity contribution in [3.63, 3.8) is 0 Å². The van der Waals surface area contributed by atoms with Gasteiger partial charge in [0.05, 0.1) is 6.61 Å². The Balaban J connectivity index is 0.000000323. The third-order valence-electron chi connectivity index (χ3n) is 3.62. The van der Waals surface area contributed by atoms with Gasteiger partial charge >= 0.3 is 11.9 Å². The molecule has 0 fully saturated rings. The van der Waals surface area contributed by atoms with Gasteiger partial charge in [0.1, 0.15) is 0 Å². The molecule has 0 saturated carbocycles. The van der Waals surface area contributed by atoms with Gasteiger partial charge in [-0.2, -0.15) is 0 Å². The van der Waals surface area contributed by atoms with Crippen molar-refractivity contribution in [1.82, 2.24) is 10.3 Å². The minimum Gasteiger partial charge on any atom is -0.476 e. The summed E-state index contributed by atoms with van der Waals surface area (Å²) in [5.41, 5.74) is 0.948. The van der Waals surface area contributed by atoms with Crippen molar-refractivity contribution in [2.45, 2.75) is 62.3 Å². The fraction of sp³-hybridized carbons (Fsp3) is 0.500. The summed E-state index contributed by atoms with van der Waals surface area (Å²) < 4.78 is 14.7. The van der Waals surface area contributed by atoms with E-state index in [1.54, 1.807) is 20.8 Å². The Morgan fingerprint density at radius 1 is 0.875 bits per heavy atom. The van der Waals surface area contributed by atoms with Crippen LogP contribution in [0.25, 0.3) is 0 Å². The SMILES string of the molecule is CCOC(=O)c1noc(C#CC(C)(C)C)c1C.Cc1c(C(=O)O)noc1C#CC(C)(C)C. The molecule has 0 atom stereocenters. The van der Waals surface area contributed by atoms with E-state index in [1.807, 2.05) is 41.5 Å². The predicted octanol–water partition coefficient (Wildman–Crippen LogP) is 4.64. The van der Waals surface area contributed by atoms with Gasteiger partial charge < -0.3 is 18.9 Å². The zero-order valence-electron chi connectivity index (χ0n) is 20.1. The standard InChI is InChI=1S/C13H17NO3.C11H13NO3/c1-6-16-12(15)11-9(2)10(17-14-11)7-8-13(3,4)5;1-7-8(5-6-11(2,3)4)15-12-9(7)10(13)14/h6H2,1-5H3;1-4H3,(H,13,14). The lowest BCUT2D eigenvalue weighted by molar-refractivity contribution is 0.0513. The molecule has 8 nitrogen and oxygen atoms in total. The average molecular weight is 443 g/mol. The van der Waals surface area contributed by atoms with Crippen molar-refractivity contribution < 1.29 is 28.5 Å². The lowest BCUT2D eigenvalue weighted by Crippen LogP contribution is -2.06. The van der Waals surface area contributed by atoms with Crippen molar-refractivity contribution in [3.8, 4) is 23.7 Å². The number of esters is 1. The second kappa shape index (κ2) is 10.7. The van der Waals surface area contributed by atoms with Crippen LogP contribution in [0.4, 0.5) is 0 Å². The summed E-state index contributed by atoms with van der Waals surface area (Å²) in [6, 6.07) is 0. The van der Waals surface area contributed by atoms with Gasteiger partial charge in [-0.1, -0.05) is 22.2 Å². The van der Waals surface area contributed by atoms with E-state index in [4.69, 9.17) is 18.9 Å². The van der Waals surface area contributed by atoms with E-state index >= 15 is 0 Å². The summed E-state index contributed by atoms with van der Waals surface area (Å²) in [7, 11) is 0. The molecule has 2 aromatic heterocycles. The molecule has 0 bridgehead atoms. The molecule has 8 heteroatoms. The molecule has 2 heterocycles. The van der Waals surface area contributed by atoms with Crippen molar-refractivity contribution in [2.24, 2.45) is 10.8 Å². The van der Waals surface area contributed by atoms with E-state index in [1.165, 1.54) is 0 Å². The first-order chi connectivity index (χ1) is 14.7. The number of nitrogens with zero attached hydrogens (tertiary/aromatic N) is 2. The van der Waals surface area contributed by atoms with Gasteiger partial charge in [0.15, 0.2) is 11.4 Å². The van der Waals surface area contributed by atoms with Gasteiger partial charge in [0.2, 0.25) is 11.5 Å². The summed E-state index contributed by atoms with van der Waals surface area (Å²) in [5, 5.41) is 15.9. The number of aromatic carboxylic acids is 1. The third-order valence-corrected chi connectivity index (χ3v) is 3.62. The number of hydrogen-bond acceptors (Lipinski definition) is 7. The fourth-order valence-electron chi connectivity index (χ4n) is 1.98. The summed E-state index contributed by atoms with van der Waals surface area (Å²) in [6.45, 7) is 17.3. The van der Waals surface area contributed by atoms with Gasteiger partial charge in [-0.15, -0.1) is 0 Å². The Kier molecular flexibility index (Phi) is 8.85. The fourth-order valence-corrected chi connectivity index (χ4v) is 1.98. The molecule has 32 heavy (non-hydrogen) atoms. The van der Waals surface area contributed by atoms with Crippen LogP contribution in [0.3, 0.4) is 0 Å². The van der Waals surface area contributed by atoms with Crippen LogP contribution in [-0.2, 0) is 4.74 Å². The van der Waals surface area contributed by atoms with Crippen LogP contribution in [0.5, 0.6) is 0 Å². The highest BCUT2D eigenvalue weighted by Crippen LogP contribution is 2.16. The van der Waals surface area contributed by atoms with Gasteiger partial charge in [0.25, 0.3) is 0 Å². The first kappa shape index (κ1) is 26.5. The molecular formula is C24H30N2O6. The van der Waals surface area contributed by atoms with Gasteiger partial charge in [-0.25, -0.2) is 9.59 Å². The highest BCUT2D eigenvalue weighted by molar-refractivity contribution is 5.89. The van der Waals surface area contributed by atoms with Crippen molar-refractivity contribution in [3.05, 3.63) is 34.0 Å². The minimum absolute atomic E-state index is 0.0757. The van der Waals surface area contributed by atoms with Gasteiger partial charge in [0, 0.05) is 22.0 Å². The van der Waals surface area contributed by atoms with Crippen LogP contribution >= 0.6 is 0 Å². The third kappa shape index (κ3) is 8.31. The molecule has 1 N–H and O–H groups in total. The molecule has 0 radical (unpaired) electrons. The minimum atomic E-state index is -1.10. The molecule has 0 aliphatic carbocycles. The van der Waals surface area contributed by atoms with E-state index in [0.29, 0.717) is 29.3 Å². The number of carbonyl (C=O) groups excluding carboxylic acids is 1. The highest BCUT2D eigenvalue weighted by Gasteiger charge is 2.19. The molecule has 172 valence electrons. The monoisotopic (exact) mass is 442 g/mol. The lowest BCUT2D eigenvalue weighted by atomic mass is 9.98. The summed E-state index contributed by atoms with van der Waals surface area (Å²) in [4.78, 5) is 22.2. The normalized spacial score (nSPS) is 10.7. The number of rotatable bonds is 3. The average Bonchev–Trinajstić information content (AvgIpc) is 3.20. The van der Waals surface area contributed by atoms with Crippen LogP contribution in [0.1, 0.15) is 92.1 Å². The first-order valence-corrected chi connectivity index (χ1v) is 10.1. The van der Waals surface area contributed by atoms with Crippen LogP contribution in [-0.4, -0.2) is 34.0 Å². The van der Waals surface area contributed by atoms with Crippen LogP contribution in [0, 0.1) is 48.4 Å². The second-order valence-electron chi connectivity index (χ2n) is 9.00. The summed E-state index contributed by atoms with van der Waals surface area (Å²) >= 11 is 0. The van der Waals surface area contributed by atoms with Gasteiger partial charge in [-0.3, -0.25) is 0 Å². The van der Waals surface area contributed by atoms with E-state index in [-0.39, 0.29) is 22.2 Å². The molecular weight excluding hydrogens is 412 g/mol. The Labute approximate surface area is 188 Å². The van der Waals surface area contributed by atoms with E-state index in [0.717, 1.165) is 0 Å². The van der Waals surface area contributed by atoms with E-state index in [2.05, 4.69) is 34.0 Å². The largest absolute Gasteiger partial charge is 0.476 e. The Morgan fingerprint density at radius 2 is 1.28 bits per heavy atom. The zero-order valence-corrected chi connectivity index (χ0v) is 20.1. The highest BCUT2D eigenvalue weighted by atomic mass is 16.5. The quantitative estimate of drug-likeness (QED) is 0.540. The second-order valence-corrected chi connectivity index (χ2v) is 9.00. The lowest BCUT2D eigenvalue weighted by Gasteiger charge is -2.06. The molecule has 0 spiro atoms. The summed E-state index contributed by atoms with van der Waals surface area (Å²) in [5.74, 6) is 10.8. The number of carbonyl (C=O) groups is 2.